The largest absolute Gasteiger partial charge is 0.398 e. The third-order valence-corrected chi connectivity index (χ3v) is 5.58. The normalized spacial score (nSPS) is 20.4. The topological polar surface area (TPSA) is 69.9 Å². The Morgan fingerprint density at radius 2 is 1.76 bits per heavy atom. The van der Waals surface area contributed by atoms with Gasteiger partial charge in [-0.1, -0.05) is 6.07 Å². The maximum atomic E-state index is 12.7. The molecule has 0 bridgehead atoms. The van der Waals surface area contributed by atoms with Gasteiger partial charge >= 0.3 is 0 Å². The highest BCUT2D eigenvalue weighted by Gasteiger charge is 2.35. The molecule has 2 heterocycles. The molecule has 1 aromatic carbocycles. The van der Waals surface area contributed by atoms with Crippen LogP contribution in [0, 0.1) is 5.92 Å². The number of hydrogen-bond acceptors (Lipinski definition) is 4. The van der Waals surface area contributed by atoms with E-state index in [1.807, 2.05) is 21.9 Å². The van der Waals surface area contributed by atoms with Crippen LogP contribution in [0.15, 0.2) is 18.2 Å². The molecule has 2 N–H and O–H groups in total. The van der Waals surface area contributed by atoms with Crippen molar-refractivity contribution in [2.75, 3.05) is 49.9 Å². The van der Waals surface area contributed by atoms with E-state index in [2.05, 4.69) is 11.0 Å². The second-order valence-corrected chi connectivity index (χ2v) is 7.35. The van der Waals surface area contributed by atoms with E-state index in [1.165, 1.54) is 5.56 Å². The number of benzene rings is 1. The van der Waals surface area contributed by atoms with Crippen LogP contribution in [-0.4, -0.2) is 60.9 Å². The van der Waals surface area contributed by atoms with E-state index in [9.17, 15) is 9.59 Å². The molecule has 1 saturated carbocycles. The molecule has 1 aromatic rings. The molecule has 0 atom stereocenters. The van der Waals surface area contributed by atoms with Crippen molar-refractivity contribution in [2.24, 2.45) is 5.92 Å². The summed E-state index contributed by atoms with van der Waals surface area (Å²) in [5.41, 5.74) is 9.18. The SMILES string of the molecule is Nc1cccc2c1CCCN2CC(=O)N1CCN(C(=O)C2CC2)CC1. The summed E-state index contributed by atoms with van der Waals surface area (Å²) in [7, 11) is 0. The fourth-order valence-corrected chi connectivity index (χ4v) is 3.92. The van der Waals surface area contributed by atoms with E-state index in [4.69, 9.17) is 5.73 Å². The highest BCUT2D eigenvalue weighted by Crippen LogP contribution is 2.32. The van der Waals surface area contributed by atoms with E-state index < -0.39 is 0 Å². The standard InChI is InChI=1S/C19H26N4O2/c20-16-4-1-5-17-15(16)3-2-8-23(17)13-18(24)21-9-11-22(12-10-21)19(25)14-6-7-14/h1,4-5,14H,2-3,6-13,20H2. The van der Waals surface area contributed by atoms with Crippen molar-refractivity contribution in [3.8, 4) is 0 Å². The van der Waals surface area contributed by atoms with Crippen LogP contribution in [0.1, 0.15) is 24.8 Å². The summed E-state index contributed by atoms with van der Waals surface area (Å²) in [6.45, 7) is 3.93. The molecule has 134 valence electrons. The van der Waals surface area contributed by atoms with Gasteiger partial charge in [-0.25, -0.2) is 0 Å². The van der Waals surface area contributed by atoms with Gasteiger partial charge in [0, 0.05) is 50.0 Å². The van der Waals surface area contributed by atoms with Gasteiger partial charge < -0.3 is 20.4 Å². The Bertz CT molecular complexity index is 678. The lowest BCUT2D eigenvalue weighted by atomic mass is 10.00. The van der Waals surface area contributed by atoms with Crippen LogP contribution < -0.4 is 10.6 Å². The Labute approximate surface area is 148 Å². The molecule has 4 rings (SSSR count). The van der Waals surface area contributed by atoms with Crippen LogP contribution in [0.5, 0.6) is 0 Å². The lowest BCUT2D eigenvalue weighted by Gasteiger charge is -2.37. The number of carbonyl (C=O) groups excluding carboxylic acids is 2. The van der Waals surface area contributed by atoms with Crippen LogP contribution in [0.25, 0.3) is 0 Å². The van der Waals surface area contributed by atoms with Crippen LogP contribution in [0.2, 0.25) is 0 Å². The van der Waals surface area contributed by atoms with Gasteiger partial charge in [0.25, 0.3) is 0 Å². The number of hydrogen-bond donors (Lipinski definition) is 1. The van der Waals surface area contributed by atoms with Crippen LogP contribution >= 0.6 is 0 Å². The lowest BCUT2D eigenvalue weighted by Crippen LogP contribution is -2.53. The van der Waals surface area contributed by atoms with Gasteiger partial charge in [-0.05, 0) is 43.4 Å². The number of rotatable bonds is 3. The van der Waals surface area contributed by atoms with Crippen molar-refractivity contribution in [2.45, 2.75) is 25.7 Å². The first-order valence-electron chi connectivity index (χ1n) is 9.32. The molecule has 25 heavy (non-hydrogen) atoms. The monoisotopic (exact) mass is 342 g/mol. The Balaban J connectivity index is 1.36. The van der Waals surface area contributed by atoms with Crippen molar-refractivity contribution in [1.82, 2.24) is 9.80 Å². The summed E-state index contributed by atoms with van der Waals surface area (Å²) < 4.78 is 0. The zero-order chi connectivity index (χ0) is 17.4. The lowest BCUT2D eigenvalue weighted by molar-refractivity contribution is -0.139. The quantitative estimate of drug-likeness (QED) is 0.835. The first-order chi connectivity index (χ1) is 12.1. The predicted molar refractivity (Wildman–Crippen MR) is 97.3 cm³/mol. The number of amides is 2. The van der Waals surface area contributed by atoms with Gasteiger partial charge in [0.2, 0.25) is 11.8 Å². The zero-order valence-electron chi connectivity index (χ0n) is 14.6. The molecule has 2 fully saturated rings. The number of fused-ring (bicyclic) bond motifs is 1. The van der Waals surface area contributed by atoms with Gasteiger partial charge in [-0.2, -0.15) is 0 Å². The average molecular weight is 342 g/mol. The fraction of sp³-hybridized carbons (Fsp3) is 0.579. The first kappa shape index (κ1) is 16.2. The second-order valence-electron chi connectivity index (χ2n) is 7.35. The minimum absolute atomic E-state index is 0.147. The summed E-state index contributed by atoms with van der Waals surface area (Å²) in [5.74, 6) is 0.693. The summed E-state index contributed by atoms with van der Waals surface area (Å²) >= 11 is 0. The van der Waals surface area contributed by atoms with E-state index in [0.717, 1.165) is 43.6 Å². The van der Waals surface area contributed by atoms with Gasteiger partial charge in [0.15, 0.2) is 0 Å². The Hall–Kier alpha value is -2.24. The maximum absolute atomic E-state index is 12.7. The molecule has 0 unspecified atom stereocenters. The Morgan fingerprint density at radius 1 is 1.04 bits per heavy atom. The second kappa shape index (κ2) is 6.58. The number of nitrogens with two attached hydrogens (primary N) is 1. The Morgan fingerprint density at radius 3 is 2.48 bits per heavy atom. The molecular weight excluding hydrogens is 316 g/mol. The van der Waals surface area contributed by atoms with Crippen molar-refractivity contribution in [3.05, 3.63) is 23.8 Å². The molecule has 1 saturated heterocycles. The highest BCUT2D eigenvalue weighted by molar-refractivity contribution is 5.84. The average Bonchev–Trinajstić information content (AvgIpc) is 3.47. The molecule has 1 aliphatic carbocycles. The van der Waals surface area contributed by atoms with Crippen molar-refractivity contribution >= 4 is 23.2 Å². The molecule has 0 aromatic heterocycles. The van der Waals surface area contributed by atoms with E-state index in [-0.39, 0.29) is 17.7 Å². The highest BCUT2D eigenvalue weighted by atomic mass is 16.2. The van der Waals surface area contributed by atoms with Crippen LogP contribution in [0.3, 0.4) is 0 Å². The number of carbonyl (C=O) groups is 2. The smallest absolute Gasteiger partial charge is 0.242 e. The number of piperazine rings is 1. The first-order valence-corrected chi connectivity index (χ1v) is 9.32. The van der Waals surface area contributed by atoms with E-state index in [0.29, 0.717) is 32.7 Å². The molecule has 0 radical (unpaired) electrons. The summed E-state index contributed by atoms with van der Waals surface area (Å²) in [4.78, 5) is 30.8. The van der Waals surface area contributed by atoms with Crippen molar-refractivity contribution < 1.29 is 9.59 Å². The third-order valence-electron chi connectivity index (χ3n) is 5.58. The minimum Gasteiger partial charge on any atom is -0.398 e. The minimum atomic E-state index is 0.147. The number of nitrogen functional groups attached to an aromatic ring is 1. The zero-order valence-corrected chi connectivity index (χ0v) is 14.6. The summed E-state index contributed by atoms with van der Waals surface area (Å²) in [6, 6.07) is 5.95. The number of anilines is 2. The molecule has 0 spiro atoms. The maximum Gasteiger partial charge on any atom is 0.242 e. The van der Waals surface area contributed by atoms with Gasteiger partial charge in [0.05, 0.1) is 6.54 Å². The van der Waals surface area contributed by atoms with E-state index in [1.54, 1.807) is 0 Å². The van der Waals surface area contributed by atoms with Crippen LogP contribution in [0.4, 0.5) is 11.4 Å². The van der Waals surface area contributed by atoms with Crippen molar-refractivity contribution in [3.63, 3.8) is 0 Å². The Kier molecular flexibility index (Phi) is 4.27. The predicted octanol–water partition coefficient (Wildman–Crippen LogP) is 1.10. The van der Waals surface area contributed by atoms with Gasteiger partial charge in [-0.15, -0.1) is 0 Å². The molecule has 6 nitrogen and oxygen atoms in total. The molecule has 2 aliphatic heterocycles. The molecular formula is C19H26N4O2. The van der Waals surface area contributed by atoms with Crippen molar-refractivity contribution in [1.29, 1.82) is 0 Å². The fourth-order valence-electron chi connectivity index (χ4n) is 3.92. The summed E-state index contributed by atoms with van der Waals surface area (Å²) in [6.07, 6.45) is 4.08. The van der Waals surface area contributed by atoms with Gasteiger partial charge in [0.1, 0.15) is 0 Å². The van der Waals surface area contributed by atoms with Gasteiger partial charge in [-0.3, -0.25) is 9.59 Å². The summed E-state index contributed by atoms with van der Waals surface area (Å²) in [5, 5.41) is 0. The van der Waals surface area contributed by atoms with Crippen LogP contribution in [-0.2, 0) is 16.0 Å². The van der Waals surface area contributed by atoms with E-state index >= 15 is 0 Å². The third kappa shape index (κ3) is 3.30. The molecule has 6 heteroatoms. The molecule has 3 aliphatic rings. The molecule has 2 amide bonds. The number of nitrogens with zero attached hydrogens (tertiary/aromatic N) is 3.